The molecule has 138 valence electrons. The van der Waals surface area contributed by atoms with Gasteiger partial charge in [-0.3, -0.25) is 4.90 Å². The highest BCUT2D eigenvalue weighted by atomic mass is 32.1. The Morgan fingerprint density at radius 3 is 2.50 bits per heavy atom. The quantitative estimate of drug-likeness (QED) is 0.415. The molecule has 0 unspecified atom stereocenters. The lowest BCUT2D eigenvalue weighted by Crippen LogP contribution is -2.18. The molecule has 0 amide bonds. The van der Waals surface area contributed by atoms with Gasteiger partial charge < -0.3 is 4.40 Å². The standard InChI is InChI=1S/C23H20N4S/c1-26(16-22-24-18-11-5-6-12-20(18)28-22)15-19-23(17-9-3-2-4-10-17)25-21-13-7-8-14-27(19)21/h2-14H,15-16H2,1H3. The number of nitrogens with zero attached hydrogens (tertiary/aromatic N) is 4. The van der Waals surface area contributed by atoms with E-state index in [2.05, 4.69) is 77.1 Å². The van der Waals surface area contributed by atoms with Crippen LogP contribution in [0.2, 0.25) is 0 Å². The fourth-order valence-electron chi connectivity index (χ4n) is 3.55. The molecule has 0 aliphatic carbocycles. The van der Waals surface area contributed by atoms with Gasteiger partial charge in [0.1, 0.15) is 10.7 Å². The summed E-state index contributed by atoms with van der Waals surface area (Å²) in [6.45, 7) is 1.61. The molecule has 0 atom stereocenters. The Bertz CT molecular complexity index is 1210. The zero-order chi connectivity index (χ0) is 18.9. The van der Waals surface area contributed by atoms with Gasteiger partial charge in [0.15, 0.2) is 0 Å². The molecule has 5 rings (SSSR count). The third kappa shape index (κ3) is 3.19. The van der Waals surface area contributed by atoms with Crippen LogP contribution in [0.4, 0.5) is 0 Å². The molecule has 0 saturated carbocycles. The molecule has 2 aromatic carbocycles. The van der Waals surface area contributed by atoms with E-state index in [9.17, 15) is 0 Å². The molecule has 0 radical (unpaired) electrons. The lowest BCUT2D eigenvalue weighted by atomic mass is 10.1. The second-order valence-corrected chi connectivity index (χ2v) is 8.06. The van der Waals surface area contributed by atoms with Gasteiger partial charge in [-0.25, -0.2) is 9.97 Å². The Labute approximate surface area is 167 Å². The monoisotopic (exact) mass is 384 g/mol. The zero-order valence-corrected chi connectivity index (χ0v) is 16.4. The number of thiazole rings is 1. The fourth-order valence-corrected chi connectivity index (χ4v) is 4.60. The normalized spacial score (nSPS) is 11.6. The Morgan fingerprint density at radius 2 is 1.64 bits per heavy atom. The molecule has 28 heavy (non-hydrogen) atoms. The first-order valence-electron chi connectivity index (χ1n) is 9.32. The number of imidazole rings is 1. The number of benzene rings is 2. The lowest BCUT2D eigenvalue weighted by molar-refractivity contribution is 0.314. The first-order valence-corrected chi connectivity index (χ1v) is 10.1. The number of para-hydroxylation sites is 1. The Morgan fingerprint density at radius 1 is 0.857 bits per heavy atom. The number of pyridine rings is 1. The summed E-state index contributed by atoms with van der Waals surface area (Å²) in [7, 11) is 2.14. The number of aromatic nitrogens is 3. The summed E-state index contributed by atoms with van der Waals surface area (Å²) in [5.41, 5.74) is 5.45. The van der Waals surface area contributed by atoms with Crippen molar-refractivity contribution in [2.75, 3.05) is 7.05 Å². The van der Waals surface area contributed by atoms with Crippen molar-refractivity contribution in [1.82, 2.24) is 19.3 Å². The highest BCUT2D eigenvalue weighted by Gasteiger charge is 2.16. The Balaban J connectivity index is 1.48. The second kappa shape index (κ2) is 7.19. The van der Waals surface area contributed by atoms with E-state index in [1.807, 2.05) is 18.2 Å². The number of hydrogen-bond donors (Lipinski definition) is 0. The van der Waals surface area contributed by atoms with Crippen LogP contribution in [0.5, 0.6) is 0 Å². The zero-order valence-electron chi connectivity index (χ0n) is 15.6. The highest BCUT2D eigenvalue weighted by molar-refractivity contribution is 7.18. The average Bonchev–Trinajstić information content (AvgIpc) is 3.29. The van der Waals surface area contributed by atoms with Crippen LogP contribution >= 0.6 is 11.3 Å². The van der Waals surface area contributed by atoms with Gasteiger partial charge in [0.25, 0.3) is 0 Å². The molecule has 0 aliphatic rings. The highest BCUT2D eigenvalue weighted by Crippen LogP contribution is 2.27. The molecule has 5 heteroatoms. The third-order valence-corrected chi connectivity index (χ3v) is 5.86. The summed E-state index contributed by atoms with van der Waals surface area (Å²) in [4.78, 5) is 12.0. The van der Waals surface area contributed by atoms with Crippen LogP contribution in [0.15, 0.2) is 79.0 Å². The Hall–Kier alpha value is -3.02. The summed E-state index contributed by atoms with van der Waals surface area (Å²) >= 11 is 1.77. The van der Waals surface area contributed by atoms with Crippen molar-refractivity contribution in [2.24, 2.45) is 0 Å². The van der Waals surface area contributed by atoms with E-state index >= 15 is 0 Å². The van der Waals surface area contributed by atoms with Crippen molar-refractivity contribution in [3.8, 4) is 11.3 Å². The summed E-state index contributed by atoms with van der Waals surface area (Å²) < 4.78 is 3.43. The molecule has 0 N–H and O–H groups in total. The van der Waals surface area contributed by atoms with Gasteiger partial charge in [-0.05, 0) is 31.3 Å². The van der Waals surface area contributed by atoms with Crippen LogP contribution < -0.4 is 0 Å². The molecule has 5 aromatic rings. The first-order chi connectivity index (χ1) is 13.8. The second-order valence-electron chi connectivity index (χ2n) is 6.95. The van der Waals surface area contributed by atoms with E-state index in [4.69, 9.17) is 9.97 Å². The van der Waals surface area contributed by atoms with Gasteiger partial charge in [-0.15, -0.1) is 11.3 Å². The largest absolute Gasteiger partial charge is 0.302 e. The van der Waals surface area contributed by atoms with Gasteiger partial charge in [-0.1, -0.05) is 48.5 Å². The van der Waals surface area contributed by atoms with Gasteiger partial charge in [0.2, 0.25) is 0 Å². The van der Waals surface area contributed by atoms with Gasteiger partial charge in [0.05, 0.1) is 28.1 Å². The lowest BCUT2D eigenvalue weighted by Gasteiger charge is -2.16. The molecular formula is C23H20N4S. The molecule has 0 spiro atoms. The summed E-state index contributed by atoms with van der Waals surface area (Å²) in [6, 6.07) is 24.9. The predicted molar refractivity (Wildman–Crippen MR) is 115 cm³/mol. The van der Waals surface area contributed by atoms with Crippen LogP contribution in [-0.2, 0) is 13.1 Å². The maximum Gasteiger partial charge on any atom is 0.137 e. The van der Waals surface area contributed by atoms with E-state index in [1.54, 1.807) is 11.3 Å². The molecular weight excluding hydrogens is 364 g/mol. The minimum atomic E-state index is 0.797. The molecule has 4 nitrogen and oxygen atoms in total. The topological polar surface area (TPSA) is 33.4 Å². The third-order valence-electron chi connectivity index (χ3n) is 4.84. The predicted octanol–water partition coefficient (Wildman–Crippen LogP) is 5.24. The van der Waals surface area contributed by atoms with Crippen molar-refractivity contribution in [3.05, 3.63) is 89.7 Å². The van der Waals surface area contributed by atoms with Crippen LogP contribution in [-0.4, -0.2) is 26.3 Å². The summed E-state index contributed by atoms with van der Waals surface area (Å²) in [5.74, 6) is 0. The van der Waals surface area contributed by atoms with Gasteiger partial charge >= 0.3 is 0 Å². The van der Waals surface area contributed by atoms with E-state index < -0.39 is 0 Å². The van der Waals surface area contributed by atoms with Crippen molar-refractivity contribution < 1.29 is 0 Å². The molecule has 3 heterocycles. The van der Waals surface area contributed by atoms with Crippen LogP contribution in [0.3, 0.4) is 0 Å². The number of rotatable bonds is 5. The number of hydrogen-bond acceptors (Lipinski definition) is 4. The molecule has 0 saturated heterocycles. The van der Waals surface area contributed by atoms with Gasteiger partial charge in [-0.2, -0.15) is 0 Å². The van der Waals surface area contributed by atoms with E-state index in [1.165, 1.54) is 10.4 Å². The van der Waals surface area contributed by atoms with Crippen LogP contribution in [0, 0.1) is 0 Å². The van der Waals surface area contributed by atoms with Crippen molar-refractivity contribution in [1.29, 1.82) is 0 Å². The summed E-state index contributed by atoms with van der Waals surface area (Å²) in [5, 5.41) is 1.14. The minimum absolute atomic E-state index is 0.797. The smallest absolute Gasteiger partial charge is 0.137 e. The van der Waals surface area contributed by atoms with E-state index in [-0.39, 0.29) is 0 Å². The van der Waals surface area contributed by atoms with Crippen molar-refractivity contribution >= 4 is 27.2 Å². The molecule has 0 bridgehead atoms. The average molecular weight is 385 g/mol. The first kappa shape index (κ1) is 17.1. The molecule has 0 fully saturated rings. The van der Waals surface area contributed by atoms with Crippen molar-refractivity contribution in [2.45, 2.75) is 13.1 Å². The Kier molecular flexibility index (Phi) is 4.39. The maximum atomic E-state index is 4.90. The van der Waals surface area contributed by atoms with Crippen LogP contribution in [0.25, 0.3) is 27.1 Å². The maximum absolute atomic E-state index is 4.90. The van der Waals surface area contributed by atoms with E-state index in [0.717, 1.165) is 40.5 Å². The van der Waals surface area contributed by atoms with Gasteiger partial charge in [0, 0.05) is 18.3 Å². The van der Waals surface area contributed by atoms with E-state index in [0.29, 0.717) is 0 Å². The molecule has 3 aromatic heterocycles. The van der Waals surface area contributed by atoms with Crippen LogP contribution in [0.1, 0.15) is 10.7 Å². The SMILES string of the molecule is CN(Cc1nc2ccccc2s1)Cc1c(-c2ccccc2)nc2ccccn12. The molecule has 0 aliphatic heterocycles. The van der Waals surface area contributed by atoms with Crippen molar-refractivity contribution in [3.63, 3.8) is 0 Å². The minimum Gasteiger partial charge on any atom is -0.302 e. The fraction of sp³-hybridized carbons (Fsp3) is 0.130. The number of fused-ring (bicyclic) bond motifs is 2. The summed E-state index contributed by atoms with van der Waals surface area (Å²) in [6.07, 6.45) is 2.09.